The molecule has 0 saturated heterocycles. The summed E-state index contributed by atoms with van der Waals surface area (Å²) in [5, 5.41) is 0. The van der Waals surface area contributed by atoms with Gasteiger partial charge in [-0.3, -0.25) is 0 Å². The van der Waals surface area contributed by atoms with E-state index >= 15 is 0 Å². The van der Waals surface area contributed by atoms with Crippen molar-refractivity contribution in [3.05, 3.63) is 58.4 Å². The Balaban J connectivity index is 0.00000180. The van der Waals surface area contributed by atoms with Crippen molar-refractivity contribution in [1.29, 1.82) is 0 Å². The first-order chi connectivity index (χ1) is 8.52. The second-order valence-electron chi connectivity index (χ2n) is 4.51. The molecule has 0 fully saturated rings. The molecule has 2 aromatic rings. The second kappa shape index (κ2) is 6.54. The largest absolute Gasteiger partial charge is 0.312 e. The number of aldehydes is 1. The molecular formula is C16H14FOY-. The third-order valence-corrected chi connectivity index (χ3v) is 2.97. The van der Waals surface area contributed by atoms with Gasteiger partial charge in [-0.25, -0.2) is 4.39 Å². The van der Waals surface area contributed by atoms with Gasteiger partial charge in [0, 0.05) is 32.7 Å². The summed E-state index contributed by atoms with van der Waals surface area (Å²) in [6, 6.07) is 9.91. The molecule has 19 heavy (non-hydrogen) atoms. The van der Waals surface area contributed by atoms with Crippen molar-refractivity contribution < 1.29 is 41.9 Å². The number of aryl methyl sites for hydroxylation is 3. The first-order valence-electron chi connectivity index (χ1n) is 5.78. The molecule has 1 nitrogen and oxygen atoms in total. The van der Waals surface area contributed by atoms with Crippen LogP contribution in [0.3, 0.4) is 0 Å². The quantitative estimate of drug-likeness (QED) is 0.600. The van der Waals surface area contributed by atoms with Crippen molar-refractivity contribution in [3.63, 3.8) is 0 Å². The Labute approximate surface area is 138 Å². The topological polar surface area (TPSA) is 17.1 Å². The zero-order valence-corrected chi connectivity index (χ0v) is 14.1. The van der Waals surface area contributed by atoms with Crippen molar-refractivity contribution in [2.75, 3.05) is 0 Å². The molecule has 0 aliphatic heterocycles. The maximum atomic E-state index is 14.0. The van der Waals surface area contributed by atoms with Gasteiger partial charge in [-0.2, -0.15) is 23.3 Å². The van der Waals surface area contributed by atoms with E-state index in [0.29, 0.717) is 16.7 Å². The molecule has 0 amide bonds. The summed E-state index contributed by atoms with van der Waals surface area (Å²) >= 11 is 0. The predicted octanol–water partition coefficient (Wildman–Crippen LogP) is 4.03. The normalized spacial score (nSPS) is 9.89. The summed E-state index contributed by atoms with van der Waals surface area (Å²) in [6.45, 7) is 5.53. The van der Waals surface area contributed by atoms with Crippen LogP contribution in [0.4, 0.5) is 4.39 Å². The van der Waals surface area contributed by atoms with E-state index < -0.39 is 0 Å². The predicted molar refractivity (Wildman–Crippen MR) is 70.3 cm³/mol. The van der Waals surface area contributed by atoms with Gasteiger partial charge in [-0.1, -0.05) is 31.5 Å². The number of carbonyl (C=O) groups excluding carboxylic acids is 1. The van der Waals surface area contributed by atoms with Gasteiger partial charge in [-0.15, -0.1) is 5.56 Å². The molecular weight excluding hydrogens is 316 g/mol. The standard InChI is InChI=1S/C16H14FO.Y/c1-10-4-5-13(16(17)8-10)14-7-11(2)6-12(3)15(14)9-18;/h4-5,7-9H,1-3H3;/q-1;. The fourth-order valence-electron chi connectivity index (χ4n) is 2.11. The second-order valence-corrected chi connectivity index (χ2v) is 4.51. The molecule has 0 aromatic heterocycles. The third-order valence-electron chi connectivity index (χ3n) is 2.97. The molecule has 0 aliphatic carbocycles. The Hall–Kier alpha value is -0.856. The molecule has 0 aliphatic rings. The fourth-order valence-corrected chi connectivity index (χ4v) is 2.11. The van der Waals surface area contributed by atoms with E-state index in [1.54, 1.807) is 12.1 Å². The Kier molecular flexibility index (Phi) is 5.57. The minimum absolute atomic E-state index is 0. The van der Waals surface area contributed by atoms with Gasteiger partial charge in [0.15, 0.2) is 0 Å². The van der Waals surface area contributed by atoms with Crippen LogP contribution in [0.5, 0.6) is 0 Å². The minimum Gasteiger partial charge on any atom is -0.312 e. The first kappa shape index (κ1) is 16.2. The molecule has 0 saturated carbocycles. The molecule has 3 heteroatoms. The summed E-state index contributed by atoms with van der Waals surface area (Å²) < 4.78 is 14.0. The van der Waals surface area contributed by atoms with Crippen LogP contribution in [0.2, 0.25) is 0 Å². The van der Waals surface area contributed by atoms with Gasteiger partial charge in [-0.05, 0) is 24.1 Å². The summed E-state index contributed by atoms with van der Waals surface area (Å²) in [6.07, 6.45) is 0.764. The Morgan fingerprint density at radius 3 is 2.37 bits per heavy atom. The minimum atomic E-state index is -0.303. The van der Waals surface area contributed by atoms with Crippen molar-refractivity contribution in [2.24, 2.45) is 0 Å². The molecule has 0 atom stereocenters. The molecule has 2 aromatic carbocycles. The van der Waals surface area contributed by atoms with Gasteiger partial charge in [0.1, 0.15) is 5.82 Å². The fraction of sp³-hybridized carbons (Fsp3) is 0.188. The van der Waals surface area contributed by atoms with E-state index in [1.165, 1.54) is 6.07 Å². The van der Waals surface area contributed by atoms with Crippen LogP contribution in [-0.2, 0) is 32.7 Å². The maximum absolute atomic E-state index is 14.0. The molecule has 0 bridgehead atoms. The summed E-state index contributed by atoms with van der Waals surface area (Å²) in [5.74, 6) is -0.303. The van der Waals surface area contributed by atoms with Crippen LogP contribution in [0.1, 0.15) is 27.0 Å². The van der Waals surface area contributed by atoms with Crippen LogP contribution in [0.15, 0.2) is 24.3 Å². The molecule has 0 heterocycles. The van der Waals surface area contributed by atoms with Gasteiger partial charge < -0.3 is 4.79 Å². The number of carbonyl (C=O) groups is 1. The number of benzene rings is 2. The van der Waals surface area contributed by atoms with Gasteiger partial charge >= 0.3 is 0 Å². The van der Waals surface area contributed by atoms with Crippen LogP contribution in [0.25, 0.3) is 11.1 Å². The molecule has 0 N–H and O–H groups in total. The van der Waals surface area contributed by atoms with E-state index in [2.05, 4.69) is 6.07 Å². The Morgan fingerprint density at radius 1 is 1.11 bits per heavy atom. The van der Waals surface area contributed by atoms with E-state index in [-0.39, 0.29) is 38.5 Å². The number of rotatable bonds is 2. The number of hydrogen-bond donors (Lipinski definition) is 0. The van der Waals surface area contributed by atoms with Gasteiger partial charge in [0.2, 0.25) is 0 Å². The Bertz CT molecular complexity index is 620. The van der Waals surface area contributed by atoms with Crippen LogP contribution in [0, 0.1) is 32.7 Å². The number of hydrogen-bond acceptors (Lipinski definition) is 1. The van der Waals surface area contributed by atoms with Crippen molar-refractivity contribution in [2.45, 2.75) is 20.8 Å². The van der Waals surface area contributed by atoms with E-state index in [4.69, 9.17) is 0 Å². The van der Waals surface area contributed by atoms with E-state index in [9.17, 15) is 9.18 Å². The smallest absolute Gasteiger partial charge is 0.129 e. The maximum Gasteiger partial charge on any atom is 0.129 e. The molecule has 0 unspecified atom stereocenters. The third kappa shape index (κ3) is 3.37. The zero-order chi connectivity index (χ0) is 13.3. The SMILES string of the molecule is Cc1[c-]c(C)c(C=O)c(-c2ccc(C)cc2F)c1.[Y]. The average molecular weight is 330 g/mol. The van der Waals surface area contributed by atoms with Crippen molar-refractivity contribution in [1.82, 2.24) is 0 Å². The Morgan fingerprint density at radius 2 is 1.79 bits per heavy atom. The van der Waals surface area contributed by atoms with Gasteiger partial charge in [0.05, 0.1) is 6.29 Å². The van der Waals surface area contributed by atoms with E-state index in [1.807, 2.05) is 26.8 Å². The monoisotopic (exact) mass is 330 g/mol. The molecule has 0 spiro atoms. The van der Waals surface area contributed by atoms with Crippen LogP contribution < -0.4 is 0 Å². The first-order valence-corrected chi connectivity index (χ1v) is 5.78. The van der Waals surface area contributed by atoms with Crippen LogP contribution in [-0.4, -0.2) is 6.29 Å². The van der Waals surface area contributed by atoms with Crippen molar-refractivity contribution >= 4 is 6.29 Å². The zero-order valence-electron chi connectivity index (χ0n) is 11.3. The summed E-state index contributed by atoms with van der Waals surface area (Å²) in [7, 11) is 0. The molecule has 95 valence electrons. The average Bonchev–Trinajstić information content (AvgIpc) is 2.28. The van der Waals surface area contributed by atoms with Crippen molar-refractivity contribution in [3.8, 4) is 11.1 Å². The molecule has 2 rings (SSSR count). The van der Waals surface area contributed by atoms with Gasteiger partial charge in [0.25, 0.3) is 0 Å². The van der Waals surface area contributed by atoms with Crippen LogP contribution >= 0.6 is 0 Å². The summed E-state index contributed by atoms with van der Waals surface area (Å²) in [5.41, 5.74) is 4.11. The molecule has 1 radical (unpaired) electrons. The summed E-state index contributed by atoms with van der Waals surface area (Å²) in [4.78, 5) is 11.2. The van der Waals surface area contributed by atoms with E-state index in [0.717, 1.165) is 23.0 Å². The number of halogens is 1.